The lowest BCUT2D eigenvalue weighted by molar-refractivity contribution is -0.151. The molecule has 418 valence electrons. The summed E-state index contributed by atoms with van der Waals surface area (Å²) in [5, 5.41) is 102. The van der Waals surface area contributed by atoms with Gasteiger partial charge in [0.05, 0.1) is 42.5 Å². The molecule has 0 radical (unpaired) electrons. The zero-order chi connectivity index (χ0) is 55.1. The molecule has 3 aliphatic heterocycles. The van der Waals surface area contributed by atoms with E-state index in [1.807, 2.05) is 0 Å². The van der Waals surface area contributed by atoms with Gasteiger partial charge in [-0.25, -0.2) is 0 Å². The van der Waals surface area contributed by atoms with E-state index in [0.29, 0.717) is 18.3 Å². The third kappa shape index (κ3) is 16.3. The molecule has 23 nitrogen and oxygen atoms in total. The van der Waals surface area contributed by atoms with Gasteiger partial charge in [0.25, 0.3) is 0 Å². The summed E-state index contributed by atoms with van der Waals surface area (Å²) in [6, 6.07) is -3.50. The summed E-state index contributed by atoms with van der Waals surface area (Å²) < 4.78 is 0. The predicted octanol–water partition coefficient (Wildman–Crippen LogP) is -1.70. The average Bonchev–Trinajstić information content (AvgIpc) is 4.04. The number of phenolic OH excluding ortho intramolecular Hbond substituents is 1. The monoisotopic (exact) mass is 1050 g/mol. The van der Waals surface area contributed by atoms with E-state index >= 15 is 0 Å². The van der Waals surface area contributed by atoms with Gasteiger partial charge in [0.1, 0.15) is 42.1 Å². The molecule has 0 aliphatic carbocycles. The SMILES string of the molecule is CCC(C)CC(C)CCCCCCCCC(=O)N1C(O)[C@H](O)C[C@@H]1C(=O)N[C@H](C(=O)N1C[C@H](O)C[C@H]1C(=O)C[C@H](C(=O)N[C@H](C(=O)N1CC[C@H](O)[C@H]1C(N)=O)[C@H](O)CCN)[C@H](O)[C@@H](O)c1ccc(O)cc1)[C@@H](C)O. The standard InChI is InChI=1S/C51H83N7O16/c1-5-27(2)22-28(3)12-10-8-6-7-9-11-13-40(66)58-35(25-39(65)49(58)72)48(71)54-41(29(4)59)50(73)57-26-32(61)23-34(57)38(64)24-33(45(68)44(67)30-14-16-31(60)17-15-30)47(70)55-42(36(62)18-20-52)51(74)56-21-19-37(63)43(56)46(53)69/h14-17,27-29,32-37,39,41-45,49,59-63,65,67-68,72H,5-13,18-26,52H2,1-4H3,(H2,53,69)(H,54,71)(H,55,70)/t27?,28?,29-,32-,33+,34+,35-,36-,37+,39-,41+,42+,43+,44+,45+,49?/m1/s1. The van der Waals surface area contributed by atoms with Crippen LogP contribution in [0.2, 0.25) is 0 Å². The van der Waals surface area contributed by atoms with Crippen LogP contribution in [0.4, 0.5) is 0 Å². The zero-order valence-corrected chi connectivity index (χ0v) is 43.2. The summed E-state index contributed by atoms with van der Waals surface area (Å²) in [6.07, 6.45) is -6.93. The molecule has 4 rings (SSSR count). The molecule has 3 aliphatic rings. The van der Waals surface area contributed by atoms with Crippen LogP contribution in [0.5, 0.6) is 5.75 Å². The first-order chi connectivity index (χ1) is 34.9. The van der Waals surface area contributed by atoms with Crippen LogP contribution in [0, 0.1) is 17.8 Å². The molecule has 3 unspecified atom stereocenters. The molecule has 15 N–H and O–H groups in total. The van der Waals surface area contributed by atoms with Crippen molar-refractivity contribution in [1.29, 1.82) is 0 Å². The third-order valence-corrected chi connectivity index (χ3v) is 14.9. The van der Waals surface area contributed by atoms with Gasteiger partial charge in [-0.2, -0.15) is 0 Å². The number of benzene rings is 1. The number of unbranched alkanes of at least 4 members (excludes halogenated alkanes) is 5. The highest BCUT2D eigenvalue weighted by Crippen LogP contribution is 2.31. The minimum atomic E-state index is -2.18. The predicted molar refractivity (Wildman–Crippen MR) is 266 cm³/mol. The Bertz CT molecular complexity index is 2030. The topological polar surface area (TPSA) is 387 Å². The second-order valence-corrected chi connectivity index (χ2v) is 20.8. The molecule has 3 fully saturated rings. The summed E-state index contributed by atoms with van der Waals surface area (Å²) in [5.41, 5.74) is 11.1. The number of β-amino-alcohol motifs (C(OH)–C–C–N with tert-alkyl or cyclic N) is 1. The number of rotatable bonds is 29. The molecule has 0 saturated carbocycles. The quantitative estimate of drug-likeness (QED) is 0.0398. The molecule has 3 saturated heterocycles. The largest absolute Gasteiger partial charge is 0.508 e. The van der Waals surface area contributed by atoms with Crippen molar-refractivity contribution >= 4 is 41.2 Å². The highest BCUT2D eigenvalue weighted by Gasteiger charge is 2.50. The van der Waals surface area contributed by atoms with Crippen molar-refractivity contribution in [2.75, 3.05) is 19.6 Å². The van der Waals surface area contributed by atoms with Crippen LogP contribution in [0.1, 0.15) is 136 Å². The van der Waals surface area contributed by atoms with Gasteiger partial charge in [-0.15, -0.1) is 0 Å². The van der Waals surface area contributed by atoms with Crippen molar-refractivity contribution in [3.63, 3.8) is 0 Å². The number of ketones is 1. The molecule has 0 aromatic heterocycles. The van der Waals surface area contributed by atoms with E-state index in [9.17, 15) is 79.5 Å². The fourth-order valence-corrected chi connectivity index (χ4v) is 10.4. The number of aliphatic hydroxyl groups excluding tert-OH is 8. The number of hydrogen-bond donors (Lipinski definition) is 13. The van der Waals surface area contributed by atoms with Crippen molar-refractivity contribution < 1.29 is 79.5 Å². The van der Waals surface area contributed by atoms with E-state index in [2.05, 4.69) is 31.4 Å². The number of phenols is 1. The maximum Gasteiger partial charge on any atom is 0.248 e. The number of Topliss-reactive ketones (excluding diaryl/α,β-unsaturated/α-hetero) is 1. The molecule has 0 spiro atoms. The van der Waals surface area contributed by atoms with Gasteiger partial charge in [0.15, 0.2) is 12.0 Å². The lowest BCUT2D eigenvalue weighted by Gasteiger charge is -2.34. The van der Waals surface area contributed by atoms with Crippen molar-refractivity contribution in [3.8, 4) is 5.75 Å². The van der Waals surface area contributed by atoms with Gasteiger partial charge in [0.2, 0.25) is 35.4 Å². The molecule has 1 aromatic rings. The highest BCUT2D eigenvalue weighted by atomic mass is 16.4. The van der Waals surface area contributed by atoms with Crippen molar-refractivity contribution in [1.82, 2.24) is 25.3 Å². The van der Waals surface area contributed by atoms with Crippen LogP contribution in [-0.4, -0.2) is 195 Å². The number of primary amides is 1. The first-order valence-corrected chi connectivity index (χ1v) is 26.2. The van der Waals surface area contributed by atoms with Crippen LogP contribution in [0.25, 0.3) is 0 Å². The first-order valence-electron chi connectivity index (χ1n) is 26.2. The Hall–Kier alpha value is -4.85. The Morgan fingerprint density at radius 3 is 1.99 bits per heavy atom. The van der Waals surface area contributed by atoms with E-state index in [4.69, 9.17) is 11.5 Å². The molecule has 1 aromatic carbocycles. The van der Waals surface area contributed by atoms with Crippen molar-refractivity contribution in [2.24, 2.45) is 29.2 Å². The number of nitrogens with one attached hydrogen (secondary N) is 2. The average molecular weight is 1050 g/mol. The van der Waals surface area contributed by atoms with Gasteiger partial charge in [0, 0.05) is 38.8 Å². The maximum absolute atomic E-state index is 14.4. The van der Waals surface area contributed by atoms with E-state index in [1.165, 1.54) is 30.7 Å². The molecular formula is C51H83N7O16. The van der Waals surface area contributed by atoms with E-state index in [1.54, 1.807) is 0 Å². The second kappa shape index (κ2) is 28.9. The molecule has 3 heterocycles. The highest BCUT2D eigenvalue weighted by molar-refractivity contribution is 5.98. The number of aliphatic hydroxyl groups is 8. The number of nitrogens with zero attached hydrogens (tertiary/aromatic N) is 3. The number of aromatic hydroxyl groups is 1. The molecule has 0 bridgehead atoms. The smallest absolute Gasteiger partial charge is 0.248 e. The van der Waals surface area contributed by atoms with E-state index < -0.39 is 152 Å². The van der Waals surface area contributed by atoms with Crippen LogP contribution in [0.3, 0.4) is 0 Å². The Labute approximate surface area is 432 Å². The Balaban J connectivity index is 1.50. The summed E-state index contributed by atoms with van der Waals surface area (Å²) >= 11 is 0. The van der Waals surface area contributed by atoms with Gasteiger partial charge in [-0.05, 0) is 68.7 Å². The van der Waals surface area contributed by atoms with Crippen molar-refractivity contribution in [2.45, 2.75) is 203 Å². The molecule has 23 heteroatoms. The summed E-state index contributed by atoms with van der Waals surface area (Å²) in [7, 11) is 0. The Morgan fingerprint density at radius 1 is 0.757 bits per heavy atom. The van der Waals surface area contributed by atoms with Crippen molar-refractivity contribution in [3.05, 3.63) is 29.8 Å². The molecule has 16 atom stereocenters. The number of likely N-dealkylation sites (tertiary alicyclic amines) is 3. The fourth-order valence-electron chi connectivity index (χ4n) is 10.4. The third-order valence-electron chi connectivity index (χ3n) is 14.9. The Morgan fingerprint density at radius 2 is 1.38 bits per heavy atom. The van der Waals surface area contributed by atoms with E-state index in [0.717, 1.165) is 66.6 Å². The van der Waals surface area contributed by atoms with Gasteiger partial charge < -0.3 is 82.8 Å². The van der Waals surface area contributed by atoms with E-state index in [-0.39, 0.29) is 43.7 Å². The lowest BCUT2D eigenvalue weighted by Crippen LogP contribution is -2.60. The number of nitrogens with two attached hydrogens (primary N) is 2. The van der Waals surface area contributed by atoms with Gasteiger partial charge >= 0.3 is 0 Å². The second-order valence-electron chi connectivity index (χ2n) is 20.8. The molecular weight excluding hydrogens is 967 g/mol. The number of amides is 6. The minimum absolute atomic E-state index is 0.0308. The maximum atomic E-state index is 14.4. The summed E-state index contributed by atoms with van der Waals surface area (Å²) in [4.78, 5) is 99.3. The normalized spacial score (nSPS) is 25.6. The lowest BCUT2D eigenvalue weighted by atomic mass is 9.86. The molecule has 74 heavy (non-hydrogen) atoms. The van der Waals surface area contributed by atoms with Gasteiger partial charge in [-0.1, -0.05) is 77.8 Å². The number of hydrogen-bond acceptors (Lipinski definition) is 17. The fraction of sp³-hybridized carbons (Fsp3) is 0.745. The van der Waals surface area contributed by atoms with Gasteiger partial charge in [-0.3, -0.25) is 33.6 Å². The van der Waals surface area contributed by atoms with Crippen LogP contribution >= 0.6 is 0 Å². The summed E-state index contributed by atoms with van der Waals surface area (Å²) in [5.74, 6) is -7.93. The van der Waals surface area contributed by atoms with Crippen LogP contribution in [-0.2, 0) is 33.6 Å². The Kier molecular flexibility index (Phi) is 24.1. The zero-order valence-electron chi connectivity index (χ0n) is 43.2. The number of carbonyl (C=O) groups is 7. The molecule has 6 amide bonds. The van der Waals surface area contributed by atoms with Crippen LogP contribution < -0.4 is 22.1 Å². The van der Waals surface area contributed by atoms with Crippen LogP contribution in [0.15, 0.2) is 24.3 Å². The first kappa shape index (κ1) is 61.7. The minimum Gasteiger partial charge on any atom is -0.508 e. The summed E-state index contributed by atoms with van der Waals surface area (Å²) in [6.45, 7) is 6.98. The number of carbonyl (C=O) groups excluding carboxylic acids is 7.